The topological polar surface area (TPSA) is 78.3 Å². The van der Waals surface area contributed by atoms with Crippen molar-refractivity contribution in [1.82, 2.24) is 20.1 Å². The Morgan fingerprint density at radius 2 is 2.24 bits per heavy atom. The molecule has 0 unspecified atom stereocenters. The lowest BCUT2D eigenvalue weighted by molar-refractivity contribution is -0.0590. The summed E-state index contributed by atoms with van der Waals surface area (Å²) in [7, 11) is 0. The first-order valence-corrected chi connectivity index (χ1v) is 9.21. The molecule has 25 heavy (non-hydrogen) atoms. The van der Waals surface area contributed by atoms with Gasteiger partial charge in [0.2, 0.25) is 5.82 Å². The molecule has 2 aliphatic heterocycles. The largest absolute Gasteiger partial charge is 0.379 e. The predicted molar refractivity (Wildman–Crippen MR) is 93.4 cm³/mol. The van der Waals surface area contributed by atoms with Gasteiger partial charge in [-0.1, -0.05) is 18.1 Å². The Morgan fingerprint density at radius 1 is 1.36 bits per heavy atom. The summed E-state index contributed by atoms with van der Waals surface area (Å²) in [5.41, 5.74) is 1.21. The van der Waals surface area contributed by atoms with Crippen molar-refractivity contribution in [2.24, 2.45) is 0 Å². The van der Waals surface area contributed by atoms with Gasteiger partial charge in [0.05, 0.1) is 19.3 Å². The molecule has 0 bridgehead atoms. The van der Waals surface area contributed by atoms with Crippen LogP contribution in [0.3, 0.4) is 0 Å². The summed E-state index contributed by atoms with van der Waals surface area (Å²) in [5, 5.41) is 11.4. The summed E-state index contributed by atoms with van der Waals surface area (Å²) < 4.78 is 13.4. The third kappa shape index (κ3) is 4.67. The molecule has 138 valence electrons. The average molecular weight is 348 g/mol. The Bertz CT molecular complexity index is 622. The number of aryl methyl sites for hydroxylation is 1. The van der Waals surface area contributed by atoms with E-state index in [0.29, 0.717) is 25.6 Å². The summed E-state index contributed by atoms with van der Waals surface area (Å²) in [4.78, 5) is 12.7. The number of carbonyl (C=O) groups is 1. The minimum Gasteiger partial charge on any atom is -0.379 e. The molecule has 0 saturated carbocycles. The van der Waals surface area contributed by atoms with Crippen molar-refractivity contribution in [3.63, 3.8) is 0 Å². The molecular weight excluding hydrogens is 320 g/mol. The molecule has 7 nitrogen and oxygen atoms in total. The van der Waals surface area contributed by atoms with Gasteiger partial charge in [-0.25, -0.2) is 0 Å². The van der Waals surface area contributed by atoms with E-state index in [0.717, 1.165) is 38.1 Å². The molecule has 0 aliphatic carbocycles. The van der Waals surface area contributed by atoms with Crippen LogP contribution in [0.15, 0.2) is 11.6 Å². The van der Waals surface area contributed by atoms with Crippen molar-refractivity contribution in [2.45, 2.75) is 64.6 Å². The Kier molecular flexibility index (Phi) is 6.20. The van der Waals surface area contributed by atoms with E-state index in [9.17, 15) is 4.79 Å². The average Bonchev–Trinajstić information content (AvgIpc) is 2.85. The fourth-order valence-corrected chi connectivity index (χ4v) is 3.27. The second-order valence-corrected chi connectivity index (χ2v) is 7.00. The molecular formula is C18H28N4O3. The van der Waals surface area contributed by atoms with Crippen LogP contribution in [0, 0.1) is 0 Å². The van der Waals surface area contributed by atoms with Crippen molar-refractivity contribution in [3.05, 3.63) is 23.3 Å². The molecule has 1 saturated heterocycles. The van der Waals surface area contributed by atoms with Crippen LogP contribution >= 0.6 is 0 Å². The first kappa shape index (κ1) is 18.1. The third-order valence-corrected chi connectivity index (χ3v) is 4.74. The zero-order valence-electron chi connectivity index (χ0n) is 15.2. The lowest BCUT2D eigenvalue weighted by Gasteiger charge is -2.31. The third-order valence-electron chi connectivity index (χ3n) is 4.74. The van der Waals surface area contributed by atoms with Gasteiger partial charge in [-0.2, -0.15) is 0 Å². The summed E-state index contributed by atoms with van der Waals surface area (Å²) >= 11 is 0. The van der Waals surface area contributed by atoms with Crippen molar-refractivity contribution >= 4 is 5.91 Å². The molecule has 0 radical (unpaired) electrons. The number of hydrogen-bond acceptors (Lipinski definition) is 5. The second kappa shape index (κ2) is 8.58. The number of hydrogen-bond donors (Lipinski definition) is 1. The highest BCUT2D eigenvalue weighted by molar-refractivity contribution is 5.91. The lowest BCUT2D eigenvalue weighted by Crippen LogP contribution is -2.50. The Morgan fingerprint density at radius 3 is 3.08 bits per heavy atom. The van der Waals surface area contributed by atoms with Crippen LogP contribution < -0.4 is 5.32 Å². The highest BCUT2D eigenvalue weighted by Crippen LogP contribution is 2.16. The number of rotatable bonds is 5. The van der Waals surface area contributed by atoms with E-state index in [-0.39, 0.29) is 18.1 Å². The van der Waals surface area contributed by atoms with Crippen LogP contribution in [0.25, 0.3) is 0 Å². The number of ether oxygens (including phenoxy) is 2. The Labute approximate surface area is 148 Å². The highest BCUT2D eigenvalue weighted by Gasteiger charge is 2.30. The van der Waals surface area contributed by atoms with E-state index in [1.54, 1.807) is 0 Å². The number of allylic oxidation sites excluding steroid dienone is 1. The zero-order valence-corrected chi connectivity index (χ0v) is 15.2. The van der Waals surface area contributed by atoms with Gasteiger partial charge in [0.1, 0.15) is 11.9 Å². The Balaban J connectivity index is 1.64. The molecule has 3 rings (SSSR count). The number of nitrogens with one attached hydrogen (secondary N) is 1. The maximum Gasteiger partial charge on any atom is 0.289 e. The maximum atomic E-state index is 12.7. The van der Waals surface area contributed by atoms with Gasteiger partial charge < -0.3 is 19.4 Å². The van der Waals surface area contributed by atoms with Crippen molar-refractivity contribution in [3.8, 4) is 0 Å². The molecule has 2 atom stereocenters. The summed E-state index contributed by atoms with van der Waals surface area (Å²) in [6.45, 7) is 6.56. The molecule has 7 heteroatoms. The number of fused-ring (bicyclic) bond motifs is 1. The molecule has 0 aromatic carbocycles. The van der Waals surface area contributed by atoms with E-state index < -0.39 is 0 Å². The van der Waals surface area contributed by atoms with Crippen LogP contribution in [0.5, 0.6) is 0 Å². The van der Waals surface area contributed by atoms with E-state index in [1.165, 1.54) is 12.0 Å². The van der Waals surface area contributed by atoms with Crippen LogP contribution in [0.1, 0.15) is 56.0 Å². The minimum atomic E-state index is -0.164. The van der Waals surface area contributed by atoms with Crippen LogP contribution in [0.4, 0.5) is 0 Å². The lowest BCUT2D eigenvalue weighted by atomic mass is 10.1. The normalized spacial score (nSPS) is 23.4. The quantitative estimate of drug-likeness (QED) is 0.822. The van der Waals surface area contributed by atoms with Crippen LogP contribution in [-0.2, 0) is 22.4 Å². The first-order valence-electron chi connectivity index (χ1n) is 9.21. The SMILES string of the molecule is CC(C)=CCO[C@H]1COCC[C@@H]1NC(=O)c1nnc2n1CCCCC2. The fraction of sp³-hybridized carbons (Fsp3) is 0.722. The Hall–Kier alpha value is -1.73. The number of carbonyl (C=O) groups excluding carboxylic acids is 1. The van der Waals surface area contributed by atoms with Gasteiger partial charge in [-0.3, -0.25) is 4.79 Å². The molecule has 1 aromatic rings. The molecule has 1 fully saturated rings. The van der Waals surface area contributed by atoms with Gasteiger partial charge >= 0.3 is 0 Å². The summed E-state index contributed by atoms with van der Waals surface area (Å²) in [6, 6.07) is -0.0643. The smallest absolute Gasteiger partial charge is 0.289 e. The summed E-state index contributed by atoms with van der Waals surface area (Å²) in [6.07, 6.45) is 6.88. The molecule has 1 N–H and O–H groups in total. The van der Waals surface area contributed by atoms with E-state index in [4.69, 9.17) is 9.47 Å². The molecule has 3 heterocycles. The first-order chi connectivity index (χ1) is 12.1. The van der Waals surface area contributed by atoms with Crippen molar-refractivity contribution in [2.75, 3.05) is 19.8 Å². The molecule has 2 aliphatic rings. The maximum absolute atomic E-state index is 12.7. The van der Waals surface area contributed by atoms with Crippen LogP contribution in [0.2, 0.25) is 0 Å². The predicted octanol–water partition coefficient (Wildman–Crippen LogP) is 1.87. The van der Waals surface area contributed by atoms with E-state index in [1.807, 2.05) is 24.5 Å². The zero-order chi connectivity index (χ0) is 17.6. The number of nitrogens with zero attached hydrogens (tertiary/aromatic N) is 3. The van der Waals surface area contributed by atoms with Crippen LogP contribution in [-0.4, -0.2) is 52.6 Å². The van der Waals surface area contributed by atoms with E-state index in [2.05, 4.69) is 15.5 Å². The molecule has 1 amide bonds. The van der Waals surface area contributed by atoms with Gasteiger partial charge in [0, 0.05) is 19.6 Å². The minimum absolute atomic E-state index is 0.0643. The monoisotopic (exact) mass is 348 g/mol. The van der Waals surface area contributed by atoms with E-state index >= 15 is 0 Å². The second-order valence-electron chi connectivity index (χ2n) is 7.00. The molecule has 1 aromatic heterocycles. The van der Waals surface area contributed by atoms with Gasteiger partial charge in [-0.15, -0.1) is 10.2 Å². The number of amides is 1. The van der Waals surface area contributed by atoms with Gasteiger partial charge in [-0.05, 0) is 33.1 Å². The fourth-order valence-electron chi connectivity index (χ4n) is 3.27. The molecule has 0 spiro atoms. The number of aromatic nitrogens is 3. The standard InChI is InChI=1S/C18H28N4O3/c1-13(2)7-11-25-15-12-24-10-8-14(15)19-18(23)17-21-20-16-6-4-3-5-9-22(16)17/h7,14-15H,3-6,8-12H2,1-2H3,(H,19,23)/t14-,15-/m0/s1. The summed E-state index contributed by atoms with van der Waals surface area (Å²) in [5.74, 6) is 1.18. The highest BCUT2D eigenvalue weighted by atomic mass is 16.5. The van der Waals surface area contributed by atoms with Gasteiger partial charge in [0.15, 0.2) is 0 Å². The van der Waals surface area contributed by atoms with Crippen molar-refractivity contribution in [1.29, 1.82) is 0 Å². The van der Waals surface area contributed by atoms with Crippen molar-refractivity contribution < 1.29 is 14.3 Å². The van der Waals surface area contributed by atoms with Gasteiger partial charge in [0.25, 0.3) is 5.91 Å².